The maximum absolute atomic E-state index is 13.9. The van der Waals surface area contributed by atoms with Crippen molar-refractivity contribution in [2.45, 2.75) is 13.0 Å². The van der Waals surface area contributed by atoms with Gasteiger partial charge in [-0.1, -0.05) is 6.07 Å². The molecule has 0 N–H and O–H groups in total. The third-order valence-corrected chi connectivity index (χ3v) is 7.65. The van der Waals surface area contributed by atoms with Crippen LogP contribution < -0.4 is 9.04 Å². The Morgan fingerprint density at radius 2 is 1.74 bits per heavy atom. The molecule has 0 radical (unpaired) electrons. The van der Waals surface area contributed by atoms with Crippen molar-refractivity contribution in [1.82, 2.24) is 9.80 Å². The Bertz CT molecular complexity index is 1050. The molecule has 0 atom stereocenters. The number of carbonyl (C=O) groups excluding carboxylic acids is 1. The van der Waals surface area contributed by atoms with Crippen molar-refractivity contribution in [2.75, 3.05) is 49.9 Å². The highest BCUT2D eigenvalue weighted by Gasteiger charge is 2.29. The SMILES string of the molecule is COc1ccc(CN2CCN(C(=O)c3ccc(N4CCCS4(=O)=O)cc3)CC2)cc1F. The zero-order valence-corrected chi connectivity index (χ0v) is 18.3. The lowest BCUT2D eigenvalue weighted by atomic mass is 10.1. The Morgan fingerprint density at radius 1 is 1.03 bits per heavy atom. The van der Waals surface area contributed by atoms with Crippen molar-refractivity contribution < 1.29 is 22.3 Å². The summed E-state index contributed by atoms with van der Waals surface area (Å²) in [6.07, 6.45) is 0.621. The standard InChI is InChI=1S/C22H26FN3O4S/c1-30-21-8-3-17(15-20(21)23)16-24-10-12-25(13-11-24)22(27)18-4-6-19(7-5-18)26-9-2-14-31(26,28)29/h3-8,15H,2,9-14,16H2,1H3. The lowest BCUT2D eigenvalue weighted by Gasteiger charge is -2.35. The number of piperazine rings is 1. The highest BCUT2D eigenvalue weighted by Crippen LogP contribution is 2.25. The lowest BCUT2D eigenvalue weighted by Crippen LogP contribution is -2.48. The van der Waals surface area contributed by atoms with E-state index in [1.165, 1.54) is 17.5 Å². The van der Waals surface area contributed by atoms with Crippen molar-refractivity contribution >= 4 is 21.6 Å². The van der Waals surface area contributed by atoms with Crippen LogP contribution in [0.15, 0.2) is 42.5 Å². The fourth-order valence-corrected chi connectivity index (χ4v) is 5.62. The molecule has 4 rings (SSSR count). The number of benzene rings is 2. The first-order chi connectivity index (χ1) is 14.9. The fraction of sp³-hybridized carbons (Fsp3) is 0.409. The first kappa shape index (κ1) is 21.6. The first-order valence-corrected chi connectivity index (χ1v) is 11.9. The smallest absolute Gasteiger partial charge is 0.253 e. The zero-order valence-electron chi connectivity index (χ0n) is 17.5. The predicted octanol–water partition coefficient (Wildman–Crippen LogP) is 2.33. The molecule has 0 bridgehead atoms. The molecule has 2 fully saturated rings. The number of hydrogen-bond donors (Lipinski definition) is 0. The molecular formula is C22H26FN3O4S. The maximum Gasteiger partial charge on any atom is 0.253 e. The van der Waals surface area contributed by atoms with Crippen molar-refractivity contribution in [3.05, 3.63) is 59.4 Å². The third-order valence-electron chi connectivity index (χ3n) is 5.78. The highest BCUT2D eigenvalue weighted by molar-refractivity contribution is 7.93. The monoisotopic (exact) mass is 447 g/mol. The van der Waals surface area contributed by atoms with Gasteiger partial charge in [-0.2, -0.15) is 0 Å². The van der Waals surface area contributed by atoms with Gasteiger partial charge in [-0.05, 0) is 48.4 Å². The molecule has 2 aromatic rings. The second-order valence-electron chi connectivity index (χ2n) is 7.83. The van der Waals surface area contributed by atoms with Crippen LogP contribution in [0.4, 0.5) is 10.1 Å². The Morgan fingerprint density at radius 3 is 2.32 bits per heavy atom. The lowest BCUT2D eigenvalue weighted by molar-refractivity contribution is 0.0628. The largest absolute Gasteiger partial charge is 0.494 e. The van der Waals surface area contributed by atoms with Gasteiger partial charge in [0.1, 0.15) is 0 Å². The van der Waals surface area contributed by atoms with Gasteiger partial charge < -0.3 is 9.64 Å². The van der Waals surface area contributed by atoms with Gasteiger partial charge in [-0.15, -0.1) is 0 Å². The minimum Gasteiger partial charge on any atom is -0.494 e. The minimum atomic E-state index is -3.23. The topological polar surface area (TPSA) is 70.2 Å². The third kappa shape index (κ3) is 4.67. The average Bonchev–Trinajstić information content (AvgIpc) is 3.13. The average molecular weight is 448 g/mol. The van der Waals surface area contributed by atoms with Crippen LogP contribution >= 0.6 is 0 Å². The summed E-state index contributed by atoms with van der Waals surface area (Å²) < 4.78 is 44.4. The van der Waals surface area contributed by atoms with E-state index in [4.69, 9.17) is 4.74 Å². The normalized spacial score (nSPS) is 18.9. The summed E-state index contributed by atoms with van der Waals surface area (Å²) in [7, 11) is -1.79. The number of methoxy groups -OCH3 is 1. The van der Waals surface area contributed by atoms with Gasteiger partial charge in [0.15, 0.2) is 11.6 Å². The van der Waals surface area contributed by atoms with E-state index in [2.05, 4.69) is 4.90 Å². The zero-order chi connectivity index (χ0) is 22.0. The number of anilines is 1. The van der Waals surface area contributed by atoms with Crippen LogP contribution in [0.1, 0.15) is 22.3 Å². The molecule has 2 aromatic carbocycles. The van der Waals surface area contributed by atoms with E-state index < -0.39 is 10.0 Å². The Kier molecular flexibility index (Phi) is 6.15. The Hall–Kier alpha value is -2.65. The number of nitrogens with zero attached hydrogens (tertiary/aromatic N) is 3. The fourth-order valence-electron chi connectivity index (χ4n) is 4.06. The van der Waals surface area contributed by atoms with E-state index in [9.17, 15) is 17.6 Å². The molecule has 1 amide bonds. The molecule has 0 saturated carbocycles. The van der Waals surface area contributed by atoms with Crippen LogP contribution in [0.5, 0.6) is 5.75 Å². The van der Waals surface area contributed by atoms with E-state index in [1.54, 1.807) is 35.2 Å². The van der Waals surface area contributed by atoms with Gasteiger partial charge in [0.25, 0.3) is 5.91 Å². The number of rotatable bonds is 5. The highest BCUT2D eigenvalue weighted by atomic mass is 32.2. The Balaban J connectivity index is 1.33. The molecule has 2 aliphatic heterocycles. The van der Waals surface area contributed by atoms with Gasteiger partial charge in [-0.25, -0.2) is 12.8 Å². The number of sulfonamides is 1. The van der Waals surface area contributed by atoms with Gasteiger partial charge in [0, 0.05) is 44.8 Å². The summed E-state index contributed by atoms with van der Waals surface area (Å²) in [5.74, 6) is -0.0429. The quantitative estimate of drug-likeness (QED) is 0.704. The number of hydrogen-bond acceptors (Lipinski definition) is 5. The van der Waals surface area contributed by atoms with Gasteiger partial charge in [0.2, 0.25) is 10.0 Å². The van der Waals surface area contributed by atoms with Crippen LogP contribution in [0.25, 0.3) is 0 Å². The number of carbonyl (C=O) groups is 1. The van der Waals surface area contributed by atoms with Crippen LogP contribution in [0.3, 0.4) is 0 Å². The molecule has 0 aliphatic carbocycles. The van der Waals surface area contributed by atoms with Gasteiger partial charge >= 0.3 is 0 Å². The van der Waals surface area contributed by atoms with E-state index in [1.807, 2.05) is 6.07 Å². The molecule has 2 aliphatic rings. The van der Waals surface area contributed by atoms with E-state index in [-0.39, 0.29) is 23.2 Å². The van der Waals surface area contributed by atoms with Crippen molar-refractivity contribution in [3.8, 4) is 5.75 Å². The maximum atomic E-state index is 13.9. The van der Waals surface area contributed by atoms with E-state index in [0.717, 1.165) is 5.56 Å². The van der Waals surface area contributed by atoms with Crippen molar-refractivity contribution in [1.29, 1.82) is 0 Å². The molecule has 2 heterocycles. The molecule has 2 saturated heterocycles. The number of ether oxygens (including phenoxy) is 1. The van der Waals surface area contributed by atoms with E-state index in [0.29, 0.717) is 56.9 Å². The molecule has 166 valence electrons. The summed E-state index contributed by atoms with van der Waals surface area (Å²) in [6, 6.07) is 11.7. The molecule has 0 spiro atoms. The van der Waals surface area contributed by atoms with E-state index >= 15 is 0 Å². The van der Waals surface area contributed by atoms with Crippen LogP contribution in [0, 0.1) is 5.82 Å². The first-order valence-electron chi connectivity index (χ1n) is 10.3. The molecule has 0 aromatic heterocycles. The molecule has 7 nitrogen and oxygen atoms in total. The summed E-state index contributed by atoms with van der Waals surface area (Å²) in [5, 5.41) is 0. The second kappa shape index (κ2) is 8.84. The summed E-state index contributed by atoms with van der Waals surface area (Å²) in [6.45, 7) is 3.66. The van der Waals surface area contributed by atoms with Crippen LogP contribution in [-0.4, -0.2) is 69.7 Å². The number of amides is 1. The van der Waals surface area contributed by atoms with Crippen LogP contribution in [0.2, 0.25) is 0 Å². The van der Waals surface area contributed by atoms with Crippen molar-refractivity contribution in [3.63, 3.8) is 0 Å². The summed E-state index contributed by atoms with van der Waals surface area (Å²) >= 11 is 0. The molecule has 31 heavy (non-hydrogen) atoms. The van der Waals surface area contributed by atoms with Crippen molar-refractivity contribution in [2.24, 2.45) is 0 Å². The summed E-state index contributed by atoms with van der Waals surface area (Å²) in [5.41, 5.74) is 2.02. The summed E-state index contributed by atoms with van der Waals surface area (Å²) in [4.78, 5) is 16.8. The van der Waals surface area contributed by atoms with Crippen LogP contribution in [-0.2, 0) is 16.6 Å². The minimum absolute atomic E-state index is 0.0639. The Labute approximate surface area is 182 Å². The number of halogens is 1. The molecule has 0 unspecified atom stereocenters. The van der Waals surface area contributed by atoms with Gasteiger partial charge in [-0.3, -0.25) is 14.0 Å². The van der Waals surface area contributed by atoms with Gasteiger partial charge in [0.05, 0.1) is 18.6 Å². The molecular weight excluding hydrogens is 421 g/mol. The second-order valence-corrected chi connectivity index (χ2v) is 9.84. The molecule has 9 heteroatoms. The predicted molar refractivity (Wildman–Crippen MR) is 116 cm³/mol.